The second kappa shape index (κ2) is 8.77. The monoisotopic (exact) mass is 372 g/mol. The lowest BCUT2D eigenvalue weighted by atomic mass is 9.88. The van der Waals surface area contributed by atoms with Crippen LogP contribution in [-0.4, -0.2) is 39.9 Å². The van der Waals surface area contributed by atoms with Gasteiger partial charge in [-0.15, -0.1) is 0 Å². The molecule has 2 aromatic rings. The largest absolute Gasteiger partial charge is 0.376 e. The Balaban J connectivity index is 1.48. The van der Waals surface area contributed by atoms with Crippen molar-refractivity contribution in [3.05, 3.63) is 52.3 Å². The lowest BCUT2D eigenvalue weighted by Crippen LogP contribution is -2.31. The molecule has 1 aromatic carbocycles. The third kappa shape index (κ3) is 4.91. The molecular formula is C19H24N4O4. The Morgan fingerprint density at radius 1 is 1.33 bits per heavy atom. The average Bonchev–Trinajstić information content (AvgIpc) is 3.17. The molecular weight excluding hydrogens is 348 g/mol. The molecule has 0 aliphatic heterocycles. The molecule has 1 aliphatic carbocycles. The number of carbonyl (C=O) groups is 1. The molecule has 0 bridgehead atoms. The highest BCUT2D eigenvalue weighted by molar-refractivity contribution is 5.93. The van der Waals surface area contributed by atoms with E-state index in [9.17, 15) is 14.9 Å². The Bertz CT molecular complexity index is 787. The topological polar surface area (TPSA) is 99.3 Å². The number of hydrogen-bond acceptors (Lipinski definition) is 5. The van der Waals surface area contributed by atoms with Crippen LogP contribution in [0.25, 0.3) is 5.69 Å². The third-order valence-electron chi connectivity index (χ3n) is 4.92. The van der Waals surface area contributed by atoms with Gasteiger partial charge in [0.05, 0.1) is 35.1 Å². The first-order valence-corrected chi connectivity index (χ1v) is 9.24. The van der Waals surface area contributed by atoms with Crippen LogP contribution < -0.4 is 5.32 Å². The van der Waals surface area contributed by atoms with Crippen LogP contribution in [0.5, 0.6) is 0 Å². The van der Waals surface area contributed by atoms with Gasteiger partial charge in [0.25, 0.3) is 11.6 Å². The molecule has 0 spiro atoms. The van der Waals surface area contributed by atoms with Gasteiger partial charge < -0.3 is 10.1 Å². The Hall–Kier alpha value is -2.74. The molecule has 8 nitrogen and oxygen atoms in total. The number of aromatic nitrogens is 2. The Morgan fingerprint density at radius 2 is 2.07 bits per heavy atom. The zero-order valence-electron chi connectivity index (χ0n) is 15.3. The second-order valence-corrected chi connectivity index (χ2v) is 6.87. The summed E-state index contributed by atoms with van der Waals surface area (Å²) in [5.41, 5.74) is 1.09. The summed E-state index contributed by atoms with van der Waals surface area (Å²) < 4.78 is 7.41. The van der Waals surface area contributed by atoms with Crippen molar-refractivity contribution < 1.29 is 14.5 Å². The first-order chi connectivity index (χ1) is 13.0. The van der Waals surface area contributed by atoms with Crippen LogP contribution in [-0.2, 0) is 4.74 Å². The van der Waals surface area contributed by atoms with Gasteiger partial charge in [-0.3, -0.25) is 14.9 Å². The summed E-state index contributed by atoms with van der Waals surface area (Å²) in [5.74, 6) is 0.359. The highest BCUT2D eigenvalue weighted by Crippen LogP contribution is 2.26. The lowest BCUT2D eigenvalue weighted by Gasteiger charge is -2.28. The van der Waals surface area contributed by atoms with Crippen molar-refractivity contribution >= 4 is 11.6 Å². The lowest BCUT2D eigenvalue weighted by molar-refractivity contribution is -0.384. The Morgan fingerprint density at radius 3 is 2.78 bits per heavy atom. The summed E-state index contributed by atoms with van der Waals surface area (Å²) in [5, 5.41) is 17.7. The van der Waals surface area contributed by atoms with Gasteiger partial charge in [-0.25, -0.2) is 4.68 Å². The zero-order chi connectivity index (χ0) is 19.2. The maximum Gasteiger partial charge on any atom is 0.269 e. The number of non-ortho nitro benzene ring substituents is 1. The van der Waals surface area contributed by atoms with Crippen LogP contribution in [0.2, 0.25) is 0 Å². The van der Waals surface area contributed by atoms with Crippen molar-refractivity contribution in [3.63, 3.8) is 0 Å². The van der Waals surface area contributed by atoms with Gasteiger partial charge in [0.1, 0.15) is 0 Å². The highest BCUT2D eigenvalue weighted by atomic mass is 16.6. The van der Waals surface area contributed by atoms with Crippen molar-refractivity contribution in [1.82, 2.24) is 15.1 Å². The standard InChI is InChI=1S/C19H24N4O4/c1-14-4-2-3-5-18(14)27-11-10-20-19(24)15-12-21-22(13-15)16-6-8-17(9-7-16)23(25)26/h6-9,12-14,18H,2-5,10-11H2,1H3,(H,20,24)/t14-,18-/m0/s1. The normalized spacial score (nSPS) is 19.6. The molecule has 27 heavy (non-hydrogen) atoms. The number of rotatable bonds is 7. The van der Waals surface area contributed by atoms with Crippen LogP contribution in [0.1, 0.15) is 43.0 Å². The summed E-state index contributed by atoms with van der Waals surface area (Å²) in [6.45, 7) is 3.16. The minimum absolute atomic E-state index is 0.0103. The molecule has 1 amide bonds. The van der Waals surface area contributed by atoms with E-state index in [0.29, 0.717) is 36.4 Å². The third-order valence-corrected chi connectivity index (χ3v) is 4.92. The molecule has 0 saturated heterocycles. The van der Waals surface area contributed by atoms with Gasteiger partial charge in [0.15, 0.2) is 0 Å². The van der Waals surface area contributed by atoms with Crippen molar-refractivity contribution in [1.29, 1.82) is 0 Å². The zero-order valence-corrected chi connectivity index (χ0v) is 15.3. The van der Waals surface area contributed by atoms with Crippen molar-refractivity contribution in [2.24, 2.45) is 5.92 Å². The second-order valence-electron chi connectivity index (χ2n) is 6.87. The van der Waals surface area contributed by atoms with E-state index in [0.717, 1.165) is 6.42 Å². The van der Waals surface area contributed by atoms with Gasteiger partial charge >= 0.3 is 0 Å². The number of hydrogen-bond donors (Lipinski definition) is 1. The molecule has 1 aromatic heterocycles. The molecule has 1 heterocycles. The maximum atomic E-state index is 12.2. The van der Waals surface area contributed by atoms with Gasteiger partial charge in [-0.1, -0.05) is 19.8 Å². The minimum atomic E-state index is -0.456. The predicted octanol–water partition coefficient (Wildman–Crippen LogP) is 3.11. The molecule has 2 atom stereocenters. The summed E-state index contributed by atoms with van der Waals surface area (Å²) in [4.78, 5) is 22.5. The molecule has 1 aliphatic rings. The smallest absolute Gasteiger partial charge is 0.269 e. The number of nitrogens with one attached hydrogen (secondary N) is 1. The number of nitro benzene ring substituents is 1. The molecule has 8 heteroatoms. The summed E-state index contributed by atoms with van der Waals surface area (Å²) >= 11 is 0. The van der Waals surface area contributed by atoms with Crippen molar-refractivity contribution in [3.8, 4) is 5.69 Å². The number of amides is 1. The fourth-order valence-electron chi connectivity index (χ4n) is 3.32. The number of nitro groups is 1. The quantitative estimate of drug-likeness (QED) is 0.457. The Kier molecular flexibility index (Phi) is 6.18. The molecule has 0 unspecified atom stereocenters. The van der Waals surface area contributed by atoms with E-state index in [1.54, 1.807) is 18.3 Å². The van der Waals surface area contributed by atoms with Gasteiger partial charge in [0.2, 0.25) is 0 Å². The van der Waals surface area contributed by atoms with Gasteiger partial charge in [-0.05, 0) is 30.9 Å². The highest BCUT2D eigenvalue weighted by Gasteiger charge is 2.21. The molecule has 1 fully saturated rings. The fraction of sp³-hybridized carbons (Fsp3) is 0.474. The van der Waals surface area contributed by atoms with E-state index in [4.69, 9.17) is 4.74 Å². The van der Waals surface area contributed by atoms with Gasteiger partial charge in [0, 0.05) is 24.9 Å². The average molecular weight is 372 g/mol. The molecule has 3 rings (SSSR count). The summed E-state index contributed by atoms with van der Waals surface area (Å²) in [6.07, 6.45) is 8.15. The number of nitrogens with zero attached hydrogens (tertiary/aromatic N) is 3. The van der Waals surface area contributed by atoms with E-state index < -0.39 is 4.92 Å². The van der Waals surface area contributed by atoms with Crippen molar-refractivity contribution in [2.75, 3.05) is 13.2 Å². The van der Waals surface area contributed by atoms with Crippen LogP contribution in [0.4, 0.5) is 5.69 Å². The first kappa shape index (κ1) is 19.0. The van der Waals surface area contributed by atoms with Crippen LogP contribution >= 0.6 is 0 Å². The fourth-order valence-corrected chi connectivity index (χ4v) is 3.32. The van der Waals surface area contributed by atoms with E-state index in [1.807, 2.05) is 0 Å². The molecule has 1 saturated carbocycles. The van der Waals surface area contributed by atoms with Crippen molar-refractivity contribution in [2.45, 2.75) is 38.7 Å². The van der Waals surface area contributed by atoms with Gasteiger partial charge in [-0.2, -0.15) is 5.10 Å². The SMILES string of the molecule is C[C@H]1CCCC[C@@H]1OCCNC(=O)c1cnn(-c2ccc([N+](=O)[O-])cc2)c1. The number of ether oxygens (including phenoxy) is 1. The predicted molar refractivity (Wildman–Crippen MR) is 99.9 cm³/mol. The van der Waals surface area contributed by atoms with E-state index >= 15 is 0 Å². The molecule has 1 N–H and O–H groups in total. The minimum Gasteiger partial charge on any atom is -0.376 e. The summed E-state index contributed by atoms with van der Waals surface area (Å²) in [6, 6.07) is 5.98. The molecule has 144 valence electrons. The number of benzene rings is 1. The van der Waals surface area contributed by atoms with Crippen LogP contribution in [0, 0.1) is 16.0 Å². The van der Waals surface area contributed by atoms with Crippen LogP contribution in [0.3, 0.4) is 0 Å². The summed E-state index contributed by atoms with van der Waals surface area (Å²) in [7, 11) is 0. The first-order valence-electron chi connectivity index (χ1n) is 9.24. The van der Waals surface area contributed by atoms with E-state index in [2.05, 4.69) is 17.3 Å². The van der Waals surface area contributed by atoms with E-state index in [1.165, 1.54) is 42.3 Å². The Labute approximate surface area is 157 Å². The maximum absolute atomic E-state index is 12.2. The molecule has 0 radical (unpaired) electrons. The van der Waals surface area contributed by atoms with Crippen LogP contribution in [0.15, 0.2) is 36.7 Å². The number of carbonyl (C=O) groups excluding carboxylic acids is 1. The van der Waals surface area contributed by atoms with E-state index in [-0.39, 0.29) is 11.6 Å².